The first kappa shape index (κ1) is 13.5. The Labute approximate surface area is 116 Å². The Bertz CT molecular complexity index is 406. The fourth-order valence-electron chi connectivity index (χ4n) is 1.42. The van der Waals surface area contributed by atoms with Crippen LogP contribution in [-0.2, 0) is 9.53 Å². The molecular weight excluding hydrogens is 275 g/mol. The molecule has 2 rings (SSSR count). The van der Waals surface area contributed by atoms with Crippen molar-refractivity contribution in [1.82, 2.24) is 0 Å². The highest BCUT2D eigenvalue weighted by Gasteiger charge is 2.43. The molecule has 1 aromatic rings. The summed E-state index contributed by atoms with van der Waals surface area (Å²) in [4.78, 5) is 12.0. The number of hydrogen-bond acceptors (Lipinski definition) is 3. The van der Waals surface area contributed by atoms with E-state index in [1.165, 1.54) is 0 Å². The van der Waals surface area contributed by atoms with Gasteiger partial charge in [0, 0.05) is 12.3 Å². The molecule has 0 bridgehead atoms. The molecule has 0 amide bonds. The minimum absolute atomic E-state index is 0.00896. The summed E-state index contributed by atoms with van der Waals surface area (Å²) in [5, 5.41) is -1.54. The van der Waals surface area contributed by atoms with Gasteiger partial charge in [0.25, 0.3) is 5.06 Å². The number of halogens is 2. The molecule has 0 spiro atoms. The van der Waals surface area contributed by atoms with Crippen LogP contribution in [0.3, 0.4) is 0 Å². The highest BCUT2D eigenvalue weighted by atomic mass is 35.5. The number of benzene rings is 1. The van der Waals surface area contributed by atoms with Gasteiger partial charge in [-0.25, -0.2) is 4.79 Å². The number of alkyl halides is 2. The van der Waals surface area contributed by atoms with Crippen LogP contribution in [0.15, 0.2) is 30.3 Å². The zero-order valence-corrected chi connectivity index (χ0v) is 11.3. The zero-order chi connectivity index (χ0) is 13.0. The number of rotatable bonds is 6. The molecule has 0 radical (unpaired) electrons. The van der Waals surface area contributed by atoms with Crippen molar-refractivity contribution in [2.45, 2.75) is 30.4 Å². The van der Waals surface area contributed by atoms with Gasteiger partial charge < -0.3 is 9.47 Å². The van der Waals surface area contributed by atoms with Crippen LogP contribution in [-0.4, -0.2) is 23.0 Å². The summed E-state index contributed by atoms with van der Waals surface area (Å²) in [5.41, 5.74) is 0. The van der Waals surface area contributed by atoms with Crippen molar-refractivity contribution in [3.8, 4) is 5.75 Å². The lowest BCUT2D eigenvalue weighted by molar-refractivity contribution is -0.156. The smallest absolute Gasteiger partial charge is 0.367 e. The zero-order valence-electron chi connectivity index (χ0n) is 9.77. The molecule has 1 fully saturated rings. The molecule has 1 aromatic carbocycles. The van der Waals surface area contributed by atoms with Crippen molar-refractivity contribution in [2.75, 3.05) is 5.88 Å². The lowest BCUT2D eigenvalue weighted by atomic mass is 10.2. The Hall–Kier alpha value is -0.930. The molecule has 0 saturated heterocycles. The summed E-state index contributed by atoms with van der Waals surface area (Å²) >= 11 is 11.9. The van der Waals surface area contributed by atoms with Crippen LogP contribution in [0.2, 0.25) is 0 Å². The predicted octanol–water partition coefficient (Wildman–Crippen LogP) is 3.34. The molecule has 1 saturated carbocycles. The standard InChI is InChI=1S/C13H14Cl2O3/c14-9-8-13(15,12(16)17-10-6-7-10)18-11-4-2-1-3-5-11/h1-5,10H,6-9H2. The monoisotopic (exact) mass is 288 g/mol. The number of esters is 1. The Morgan fingerprint density at radius 1 is 1.33 bits per heavy atom. The van der Waals surface area contributed by atoms with Gasteiger partial charge in [0.2, 0.25) is 0 Å². The number of ether oxygens (including phenoxy) is 2. The lowest BCUT2D eigenvalue weighted by Crippen LogP contribution is -2.41. The molecule has 0 aliphatic heterocycles. The molecule has 18 heavy (non-hydrogen) atoms. The Balaban J connectivity index is 2.06. The molecule has 1 aliphatic carbocycles. The van der Waals surface area contributed by atoms with Crippen LogP contribution in [0.25, 0.3) is 0 Å². The van der Waals surface area contributed by atoms with Crippen LogP contribution < -0.4 is 4.74 Å². The van der Waals surface area contributed by atoms with E-state index >= 15 is 0 Å². The first-order valence-electron chi connectivity index (χ1n) is 5.84. The van der Waals surface area contributed by atoms with Crippen molar-refractivity contribution >= 4 is 29.2 Å². The number of carbonyl (C=O) groups excluding carboxylic acids is 1. The molecule has 0 heterocycles. The Kier molecular flexibility index (Phi) is 4.36. The SMILES string of the molecule is O=C(OC1CC1)C(Cl)(CCCl)Oc1ccccc1. The van der Waals surface area contributed by atoms with E-state index in [9.17, 15) is 4.79 Å². The second kappa shape index (κ2) is 5.81. The fraction of sp³-hybridized carbons (Fsp3) is 0.462. The summed E-state index contributed by atoms with van der Waals surface area (Å²) in [6.07, 6.45) is 1.97. The van der Waals surface area contributed by atoms with Gasteiger partial charge in [-0.15, -0.1) is 11.6 Å². The van der Waals surface area contributed by atoms with E-state index < -0.39 is 11.0 Å². The molecule has 1 aliphatic rings. The Morgan fingerprint density at radius 2 is 2.00 bits per heavy atom. The summed E-state index contributed by atoms with van der Waals surface area (Å²) in [5.74, 6) is 0.178. The molecule has 5 heteroatoms. The molecular formula is C13H14Cl2O3. The van der Waals surface area contributed by atoms with Gasteiger partial charge in [-0.2, -0.15) is 0 Å². The molecule has 0 N–H and O–H groups in total. The first-order valence-corrected chi connectivity index (χ1v) is 6.75. The van der Waals surface area contributed by atoms with E-state index in [0.29, 0.717) is 5.75 Å². The van der Waals surface area contributed by atoms with E-state index in [1.54, 1.807) is 24.3 Å². The van der Waals surface area contributed by atoms with Crippen LogP contribution in [0, 0.1) is 0 Å². The summed E-state index contributed by atoms with van der Waals surface area (Å²) < 4.78 is 10.7. The number of para-hydroxylation sites is 1. The van der Waals surface area contributed by atoms with E-state index in [-0.39, 0.29) is 18.4 Å². The third-order valence-corrected chi connectivity index (χ3v) is 3.15. The minimum Gasteiger partial charge on any atom is -0.461 e. The first-order chi connectivity index (χ1) is 8.64. The summed E-state index contributed by atoms with van der Waals surface area (Å²) in [6.45, 7) is 0. The third-order valence-electron chi connectivity index (χ3n) is 2.54. The number of hydrogen-bond donors (Lipinski definition) is 0. The van der Waals surface area contributed by atoms with Crippen LogP contribution in [0.5, 0.6) is 5.75 Å². The van der Waals surface area contributed by atoms with Crippen molar-refractivity contribution in [1.29, 1.82) is 0 Å². The average Bonchev–Trinajstić information content (AvgIpc) is 3.14. The van der Waals surface area contributed by atoms with E-state index in [4.69, 9.17) is 32.7 Å². The lowest BCUT2D eigenvalue weighted by Gasteiger charge is -2.25. The quantitative estimate of drug-likeness (QED) is 0.595. The average molecular weight is 289 g/mol. The van der Waals surface area contributed by atoms with Gasteiger partial charge in [0.15, 0.2) is 0 Å². The van der Waals surface area contributed by atoms with Gasteiger partial charge in [0.05, 0.1) is 0 Å². The van der Waals surface area contributed by atoms with Crippen molar-refractivity contribution in [3.05, 3.63) is 30.3 Å². The normalized spacial score (nSPS) is 17.9. The van der Waals surface area contributed by atoms with Gasteiger partial charge in [-0.05, 0) is 25.0 Å². The van der Waals surface area contributed by atoms with Crippen LogP contribution >= 0.6 is 23.2 Å². The van der Waals surface area contributed by atoms with E-state index in [2.05, 4.69) is 0 Å². The van der Waals surface area contributed by atoms with Gasteiger partial charge in [-0.3, -0.25) is 0 Å². The number of carbonyl (C=O) groups is 1. The topological polar surface area (TPSA) is 35.5 Å². The second-order valence-electron chi connectivity index (χ2n) is 4.19. The van der Waals surface area contributed by atoms with E-state index in [0.717, 1.165) is 12.8 Å². The fourth-order valence-corrected chi connectivity index (χ4v) is 2.01. The van der Waals surface area contributed by atoms with Gasteiger partial charge in [0.1, 0.15) is 11.9 Å². The van der Waals surface area contributed by atoms with Crippen molar-refractivity contribution in [2.24, 2.45) is 0 Å². The minimum atomic E-state index is -1.54. The van der Waals surface area contributed by atoms with Gasteiger partial charge >= 0.3 is 5.97 Å². The van der Waals surface area contributed by atoms with Gasteiger partial charge in [-0.1, -0.05) is 29.8 Å². The Morgan fingerprint density at radius 3 is 2.56 bits per heavy atom. The molecule has 98 valence electrons. The molecule has 3 nitrogen and oxygen atoms in total. The van der Waals surface area contributed by atoms with Crippen molar-refractivity contribution < 1.29 is 14.3 Å². The third kappa shape index (κ3) is 3.53. The molecule has 0 aromatic heterocycles. The largest absolute Gasteiger partial charge is 0.461 e. The van der Waals surface area contributed by atoms with Crippen LogP contribution in [0.1, 0.15) is 19.3 Å². The maximum Gasteiger partial charge on any atom is 0.367 e. The molecule has 1 unspecified atom stereocenters. The summed E-state index contributed by atoms with van der Waals surface area (Å²) in [6, 6.07) is 8.93. The molecule has 1 atom stereocenters. The van der Waals surface area contributed by atoms with Crippen LogP contribution in [0.4, 0.5) is 0 Å². The highest BCUT2D eigenvalue weighted by Crippen LogP contribution is 2.31. The maximum absolute atomic E-state index is 12.0. The highest BCUT2D eigenvalue weighted by molar-refractivity contribution is 6.33. The maximum atomic E-state index is 12.0. The predicted molar refractivity (Wildman–Crippen MR) is 70.1 cm³/mol. The van der Waals surface area contributed by atoms with E-state index in [1.807, 2.05) is 6.07 Å². The second-order valence-corrected chi connectivity index (χ2v) is 5.18. The summed E-state index contributed by atoms with van der Waals surface area (Å²) in [7, 11) is 0. The van der Waals surface area contributed by atoms with Crippen molar-refractivity contribution in [3.63, 3.8) is 0 Å².